The Kier molecular flexibility index (Phi) is 6.82. The van der Waals surface area contributed by atoms with Crippen molar-refractivity contribution in [2.24, 2.45) is 0 Å². The van der Waals surface area contributed by atoms with E-state index in [-0.39, 0.29) is 17.2 Å². The molecule has 7 nitrogen and oxygen atoms in total. The van der Waals surface area contributed by atoms with Crippen molar-refractivity contribution in [3.8, 4) is 0 Å². The maximum atomic E-state index is 12.5. The number of carbonyl (C=O) groups is 1. The van der Waals surface area contributed by atoms with Gasteiger partial charge in [-0.15, -0.1) is 0 Å². The van der Waals surface area contributed by atoms with Crippen LogP contribution in [-0.4, -0.2) is 41.9 Å². The lowest BCUT2D eigenvalue weighted by molar-refractivity contribution is -0.385. The summed E-state index contributed by atoms with van der Waals surface area (Å²) in [5, 5.41) is 13.9. The van der Waals surface area contributed by atoms with Gasteiger partial charge in [0.25, 0.3) is 11.6 Å². The highest BCUT2D eigenvalue weighted by Crippen LogP contribution is 2.26. The first kappa shape index (κ1) is 22.0. The zero-order chi connectivity index (χ0) is 22.5. The maximum Gasteiger partial charge on any atom is 0.284 e. The molecule has 1 saturated heterocycles. The van der Waals surface area contributed by atoms with Crippen molar-refractivity contribution in [3.63, 3.8) is 0 Å². The summed E-state index contributed by atoms with van der Waals surface area (Å²) in [6, 6.07) is 22.5. The van der Waals surface area contributed by atoms with Crippen LogP contribution in [0.2, 0.25) is 0 Å². The largest absolute Gasteiger partial charge is 0.369 e. The third kappa shape index (κ3) is 5.33. The number of anilines is 2. The number of nitrogens with one attached hydrogen (secondary N) is 1. The highest BCUT2D eigenvalue weighted by Gasteiger charge is 2.18. The van der Waals surface area contributed by atoms with Crippen LogP contribution in [0.15, 0.2) is 77.3 Å². The summed E-state index contributed by atoms with van der Waals surface area (Å²) in [4.78, 5) is 27.9. The molecule has 1 N–H and O–H groups in total. The van der Waals surface area contributed by atoms with Gasteiger partial charge in [0.05, 0.1) is 9.40 Å². The third-order valence-electron chi connectivity index (χ3n) is 5.52. The number of nitrogens with zero attached hydrogens (tertiary/aromatic N) is 3. The first-order valence-corrected chi connectivity index (χ1v) is 11.2. The summed E-state index contributed by atoms with van der Waals surface area (Å²) in [5.41, 5.74) is 3.18. The summed E-state index contributed by atoms with van der Waals surface area (Å²) in [6.45, 7) is 4.85. The Bertz CT molecular complexity index is 1100. The number of amides is 1. The fourth-order valence-electron chi connectivity index (χ4n) is 3.76. The first-order chi connectivity index (χ1) is 15.5. The quantitative estimate of drug-likeness (QED) is 0.388. The average molecular weight is 495 g/mol. The molecule has 4 rings (SSSR count). The Morgan fingerprint density at radius 3 is 2.31 bits per heavy atom. The van der Waals surface area contributed by atoms with Crippen LogP contribution in [0.25, 0.3) is 0 Å². The van der Waals surface area contributed by atoms with E-state index >= 15 is 0 Å². The molecule has 0 bridgehead atoms. The second-order valence-corrected chi connectivity index (χ2v) is 8.53. The predicted molar refractivity (Wildman–Crippen MR) is 129 cm³/mol. The van der Waals surface area contributed by atoms with Crippen molar-refractivity contribution in [1.29, 1.82) is 0 Å². The summed E-state index contributed by atoms with van der Waals surface area (Å²) >= 11 is 3.13. The summed E-state index contributed by atoms with van der Waals surface area (Å²) in [6.07, 6.45) is 0. The topological polar surface area (TPSA) is 78.7 Å². The standard InChI is InChI=1S/C24H23BrN4O3/c25-22-11-6-19(16-23(22)29(31)32)24(30)26-20-7-9-21(10-8-20)28-14-12-27(13-15-28)17-18-4-2-1-3-5-18/h1-11,16H,12-15,17H2,(H,26,30). The van der Waals surface area contributed by atoms with Crippen LogP contribution in [0.3, 0.4) is 0 Å². The normalized spacial score (nSPS) is 14.2. The van der Waals surface area contributed by atoms with Crippen molar-refractivity contribution in [2.45, 2.75) is 6.54 Å². The van der Waals surface area contributed by atoms with E-state index in [4.69, 9.17) is 0 Å². The molecule has 0 atom stereocenters. The number of rotatable bonds is 6. The van der Waals surface area contributed by atoms with Crippen LogP contribution in [0, 0.1) is 10.1 Å². The van der Waals surface area contributed by atoms with Gasteiger partial charge in [0.1, 0.15) is 0 Å². The average Bonchev–Trinajstić information content (AvgIpc) is 2.81. The van der Waals surface area contributed by atoms with Crippen molar-refractivity contribution in [3.05, 3.63) is 98.5 Å². The number of hydrogen-bond donors (Lipinski definition) is 1. The van der Waals surface area contributed by atoms with E-state index in [1.807, 2.05) is 30.3 Å². The molecule has 164 valence electrons. The third-order valence-corrected chi connectivity index (χ3v) is 6.19. The van der Waals surface area contributed by atoms with Gasteiger partial charge in [-0.2, -0.15) is 0 Å². The molecule has 1 heterocycles. The van der Waals surface area contributed by atoms with E-state index < -0.39 is 4.92 Å². The maximum absolute atomic E-state index is 12.5. The predicted octanol–water partition coefficient (Wildman–Crippen LogP) is 4.93. The summed E-state index contributed by atoms with van der Waals surface area (Å²) < 4.78 is 0.340. The number of nitro benzene ring substituents is 1. The van der Waals surface area contributed by atoms with E-state index in [1.54, 1.807) is 6.07 Å². The number of carbonyl (C=O) groups excluding carboxylic acids is 1. The molecule has 0 unspecified atom stereocenters. The summed E-state index contributed by atoms with van der Waals surface area (Å²) in [7, 11) is 0. The van der Waals surface area contributed by atoms with Gasteiger partial charge < -0.3 is 10.2 Å². The molecule has 0 saturated carbocycles. The zero-order valence-electron chi connectivity index (χ0n) is 17.4. The van der Waals surface area contributed by atoms with E-state index in [1.165, 1.54) is 17.7 Å². The molecular formula is C24H23BrN4O3. The first-order valence-electron chi connectivity index (χ1n) is 10.4. The fraction of sp³-hybridized carbons (Fsp3) is 0.208. The minimum atomic E-state index is -0.519. The SMILES string of the molecule is O=C(Nc1ccc(N2CCN(Cc3ccccc3)CC2)cc1)c1ccc(Br)c([N+](=O)[O-])c1. The van der Waals surface area contributed by atoms with Gasteiger partial charge in [0, 0.05) is 55.7 Å². The Hall–Kier alpha value is -3.23. The van der Waals surface area contributed by atoms with Gasteiger partial charge in [-0.25, -0.2) is 0 Å². The number of hydrogen-bond acceptors (Lipinski definition) is 5. The van der Waals surface area contributed by atoms with E-state index in [0.717, 1.165) is 38.4 Å². The van der Waals surface area contributed by atoms with E-state index in [9.17, 15) is 14.9 Å². The second-order valence-electron chi connectivity index (χ2n) is 7.67. The molecular weight excluding hydrogens is 472 g/mol. The van der Waals surface area contributed by atoms with Gasteiger partial charge in [-0.3, -0.25) is 19.8 Å². The van der Waals surface area contributed by atoms with Gasteiger partial charge in [0.2, 0.25) is 0 Å². The minimum absolute atomic E-state index is 0.139. The monoisotopic (exact) mass is 494 g/mol. The van der Waals surface area contributed by atoms with Crippen molar-refractivity contribution in [1.82, 2.24) is 4.90 Å². The zero-order valence-corrected chi connectivity index (χ0v) is 19.0. The number of piperazine rings is 1. The number of nitro groups is 1. The van der Waals surface area contributed by atoms with Crippen LogP contribution in [0.5, 0.6) is 0 Å². The number of benzene rings is 3. The van der Waals surface area contributed by atoms with Crippen LogP contribution < -0.4 is 10.2 Å². The summed E-state index contributed by atoms with van der Waals surface area (Å²) in [5.74, 6) is -0.386. The van der Waals surface area contributed by atoms with E-state index in [2.05, 4.69) is 55.3 Å². The van der Waals surface area contributed by atoms with E-state index in [0.29, 0.717) is 10.2 Å². The van der Waals surface area contributed by atoms with Crippen molar-refractivity contribution < 1.29 is 9.72 Å². The molecule has 3 aromatic rings. The van der Waals surface area contributed by atoms with Gasteiger partial charge in [0.15, 0.2) is 0 Å². The molecule has 1 aliphatic rings. The Balaban J connectivity index is 1.33. The van der Waals surface area contributed by atoms with Crippen LogP contribution in [0.1, 0.15) is 15.9 Å². The molecule has 0 spiro atoms. The fourth-order valence-corrected chi connectivity index (χ4v) is 4.15. The Morgan fingerprint density at radius 1 is 0.969 bits per heavy atom. The van der Waals surface area contributed by atoms with Gasteiger partial charge >= 0.3 is 0 Å². The molecule has 0 aliphatic carbocycles. The Morgan fingerprint density at radius 2 is 1.66 bits per heavy atom. The lowest BCUT2D eigenvalue weighted by Gasteiger charge is -2.36. The highest BCUT2D eigenvalue weighted by atomic mass is 79.9. The van der Waals surface area contributed by atoms with Crippen molar-refractivity contribution >= 4 is 38.9 Å². The van der Waals surface area contributed by atoms with Gasteiger partial charge in [-0.1, -0.05) is 30.3 Å². The molecule has 32 heavy (non-hydrogen) atoms. The Labute approximate surface area is 194 Å². The highest BCUT2D eigenvalue weighted by molar-refractivity contribution is 9.10. The minimum Gasteiger partial charge on any atom is -0.369 e. The number of halogens is 1. The molecule has 0 radical (unpaired) electrons. The van der Waals surface area contributed by atoms with Gasteiger partial charge in [-0.05, 0) is 57.9 Å². The van der Waals surface area contributed by atoms with Crippen LogP contribution in [0.4, 0.5) is 17.1 Å². The molecule has 1 amide bonds. The molecule has 8 heteroatoms. The molecule has 0 aromatic heterocycles. The lowest BCUT2D eigenvalue weighted by atomic mass is 10.1. The second kappa shape index (κ2) is 9.93. The molecule has 1 fully saturated rings. The lowest BCUT2D eigenvalue weighted by Crippen LogP contribution is -2.45. The van der Waals surface area contributed by atoms with Crippen molar-refractivity contribution in [2.75, 3.05) is 36.4 Å². The molecule has 3 aromatic carbocycles. The molecule has 1 aliphatic heterocycles. The van der Waals surface area contributed by atoms with Crippen LogP contribution >= 0.6 is 15.9 Å². The van der Waals surface area contributed by atoms with Crippen LogP contribution in [-0.2, 0) is 6.54 Å². The smallest absolute Gasteiger partial charge is 0.284 e.